The maximum absolute atomic E-state index is 13.4. The molecule has 26 heavy (non-hydrogen) atoms. The Morgan fingerprint density at radius 1 is 1.00 bits per heavy atom. The van der Waals surface area contributed by atoms with Crippen molar-refractivity contribution in [2.24, 2.45) is 0 Å². The van der Waals surface area contributed by atoms with E-state index in [1.807, 2.05) is 18.2 Å². The Labute approximate surface area is 153 Å². The van der Waals surface area contributed by atoms with E-state index < -0.39 is 10.0 Å². The van der Waals surface area contributed by atoms with Crippen LogP contribution in [-0.4, -0.2) is 27.4 Å². The van der Waals surface area contributed by atoms with Gasteiger partial charge in [0.15, 0.2) is 0 Å². The van der Waals surface area contributed by atoms with Crippen molar-refractivity contribution in [1.82, 2.24) is 10.0 Å². The molecular formula is C19H21FN2O3S. The molecule has 1 amide bonds. The second-order valence-corrected chi connectivity index (χ2v) is 7.25. The average Bonchev–Trinajstić information content (AvgIpc) is 2.62. The molecule has 0 unspecified atom stereocenters. The first-order valence-corrected chi connectivity index (χ1v) is 9.74. The lowest BCUT2D eigenvalue weighted by Gasteiger charge is -2.06. The molecule has 0 aliphatic heterocycles. The topological polar surface area (TPSA) is 75.3 Å². The number of amides is 1. The highest BCUT2D eigenvalue weighted by Gasteiger charge is 2.07. The van der Waals surface area contributed by atoms with Crippen molar-refractivity contribution in [3.05, 3.63) is 76.9 Å². The lowest BCUT2D eigenvalue weighted by molar-refractivity contribution is -0.120. The summed E-state index contributed by atoms with van der Waals surface area (Å²) in [6, 6.07) is 15.4. The summed E-state index contributed by atoms with van der Waals surface area (Å²) < 4.78 is 39.5. The van der Waals surface area contributed by atoms with Crippen LogP contribution in [0.1, 0.15) is 17.5 Å². The predicted molar refractivity (Wildman–Crippen MR) is 100 cm³/mol. The van der Waals surface area contributed by atoms with Gasteiger partial charge in [-0.05, 0) is 29.7 Å². The van der Waals surface area contributed by atoms with E-state index >= 15 is 0 Å². The minimum Gasteiger partial charge on any atom is -0.356 e. The molecule has 0 saturated carbocycles. The summed E-state index contributed by atoms with van der Waals surface area (Å²) >= 11 is 0. The summed E-state index contributed by atoms with van der Waals surface area (Å²) in [6.45, 7) is 0.285. The minimum absolute atomic E-state index is 0.00695. The van der Waals surface area contributed by atoms with E-state index in [2.05, 4.69) is 10.0 Å². The van der Waals surface area contributed by atoms with Crippen molar-refractivity contribution in [2.45, 2.75) is 12.8 Å². The van der Waals surface area contributed by atoms with Crippen LogP contribution in [0.25, 0.3) is 6.08 Å². The van der Waals surface area contributed by atoms with E-state index in [1.165, 1.54) is 12.1 Å². The van der Waals surface area contributed by atoms with Gasteiger partial charge >= 0.3 is 0 Å². The lowest BCUT2D eigenvalue weighted by atomic mass is 10.1. The van der Waals surface area contributed by atoms with Crippen molar-refractivity contribution >= 4 is 22.0 Å². The number of nitrogens with one attached hydrogen (secondary N) is 2. The van der Waals surface area contributed by atoms with E-state index in [0.29, 0.717) is 18.5 Å². The SMILES string of the molecule is O=C(CCNS(=O)(=O)/C=C/c1ccccc1)NCCc1ccccc1F. The van der Waals surface area contributed by atoms with Gasteiger partial charge in [0.2, 0.25) is 15.9 Å². The van der Waals surface area contributed by atoms with Crippen LogP contribution in [0.3, 0.4) is 0 Å². The third-order valence-electron chi connectivity index (χ3n) is 3.57. The van der Waals surface area contributed by atoms with Crippen molar-refractivity contribution in [3.63, 3.8) is 0 Å². The fraction of sp³-hybridized carbons (Fsp3) is 0.211. The molecule has 0 heterocycles. The van der Waals surface area contributed by atoms with Gasteiger partial charge in [-0.3, -0.25) is 4.79 Å². The Bertz CT molecular complexity index is 852. The Morgan fingerprint density at radius 3 is 2.42 bits per heavy atom. The highest BCUT2D eigenvalue weighted by atomic mass is 32.2. The second kappa shape index (κ2) is 9.84. The van der Waals surface area contributed by atoms with E-state index in [9.17, 15) is 17.6 Å². The molecule has 0 aliphatic rings. The largest absolute Gasteiger partial charge is 0.356 e. The standard InChI is InChI=1S/C19H21FN2O3S/c20-18-9-5-4-8-17(18)10-13-21-19(23)11-14-22-26(24,25)15-12-16-6-2-1-3-7-16/h1-9,12,15,22H,10-11,13-14H2,(H,21,23)/b15-12+. The number of sulfonamides is 1. The van der Waals surface area contributed by atoms with Crippen molar-refractivity contribution in [1.29, 1.82) is 0 Å². The molecule has 0 radical (unpaired) electrons. The number of carbonyl (C=O) groups is 1. The number of benzene rings is 2. The van der Waals surface area contributed by atoms with Crippen LogP contribution in [0.5, 0.6) is 0 Å². The maximum atomic E-state index is 13.4. The zero-order chi connectivity index (χ0) is 18.8. The van der Waals surface area contributed by atoms with Gasteiger partial charge in [0.25, 0.3) is 0 Å². The highest BCUT2D eigenvalue weighted by molar-refractivity contribution is 7.92. The first kappa shape index (κ1) is 19.8. The van der Waals surface area contributed by atoms with Gasteiger partial charge in [-0.15, -0.1) is 0 Å². The van der Waals surface area contributed by atoms with Gasteiger partial charge in [-0.25, -0.2) is 17.5 Å². The monoisotopic (exact) mass is 376 g/mol. The number of carbonyl (C=O) groups excluding carboxylic acids is 1. The fourth-order valence-electron chi connectivity index (χ4n) is 2.21. The van der Waals surface area contributed by atoms with Crippen LogP contribution in [0.4, 0.5) is 4.39 Å². The molecule has 0 atom stereocenters. The predicted octanol–water partition coefficient (Wildman–Crippen LogP) is 2.46. The Hall–Kier alpha value is -2.51. The molecule has 7 heteroatoms. The molecule has 2 N–H and O–H groups in total. The molecule has 2 aromatic carbocycles. The van der Waals surface area contributed by atoms with Crippen molar-refractivity contribution in [3.8, 4) is 0 Å². The number of hydrogen-bond donors (Lipinski definition) is 2. The van der Waals surface area contributed by atoms with Crippen molar-refractivity contribution < 1.29 is 17.6 Å². The van der Waals surface area contributed by atoms with Crippen LogP contribution in [0.15, 0.2) is 60.0 Å². The first-order valence-electron chi connectivity index (χ1n) is 8.19. The second-order valence-electron chi connectivity index (χ2n) is 5.59. The van der Waals surface area contributed by atoms with Crippen molar-refractivity contribution in [2.75, 3.05) is 13.1 Å². The molecule has 0 fully saturated rings. The van der Waals surface area contributed by atoms with Crippen LogP contribution in [0, 0.1) is 5.82 Å². The molecule has 5 nitrogen and oxygen atoms in total. The van der Waals surface area contributed by atoms with Gasteiger partial charge in [0.05, 0.1) is 0 Å². The molecule has 0 bridgehead atoms. The summed E-state index contributed by atoms with van der Waals surface area (Å²) in [5.74, 6) is -0.601. The summed E-state index contributed by atoms with van der Waals surface area (Å²) in [5.41, 5.74) is 1.29. The van der Waals surface area contributed by atoms with E-state index in [4.69, 9.17) is 0 Å². The quantitative estimate of drug-likeness (QED) is 0.706. The Balaban J connectivity index is 1.69. The average molecular weight is 376 g/mol. The van der Waals surface area contributed by atoms with Gasteiger partial charge in [-0.2, -0.15) is 0 Å². The summed E-state index contributed by atoms with van der Waals surface area (Å²) in [7, 11) is -3.60. The summed E-state index contributed by atoms with van der Waals surface area (Å²) in [4.78, 5) is 11.7. The number of hydrogen-bond acceptors (Lipinski definition) is 3. The smallest absolute Gasteiger partial charge is 0.233 e. The molecular weight excluding hydrogens is 355 g/mol. The minimum atomic E-state index is -3.60. The van der Waals surface area contributed by atoms with E-state index in [-0.39, 0.29) is 24.7 Å². The van der Waals surface area contributed by atoms with Crippen LogP contribution in [0.2, 0.25) is 0 Å². The van der Waals surface area contributed by atoms with Crippen LogP contribution >= 0.6 is 0 Å². The Morgan fingerprint density at radius 2 is 1.69 bits per heavy atom. The molecule has 138 valence electrons. The van der Waals surface area contributed by atoms with Gasteiger partial charge in [0, 0.05) is 24.9 Å². The number of halogens is 1. The highest BCUT2D eigenvalue weighted by Crippen LogP contribution is 2.06. The van der Waals surface area contributed by atoms with E-state index in [0.717, 1.165) is 11.0 Å². The zero-order valence-corrected chi connectivity index (χ0v) is 15.0. The Kier molecular flexibility index (Phi) is 7.50. The first-order chi connectivity index (χ1) is 12.5. The summed E-state index contributed by atoms with van der Waals surface area (Å²) in [6.07, 6.45) is 1.87. The summed E-state index contributed by atoms with van der Waals surface area (Å²) in [5, 5.41) is 3.71. The molecule has 0 saturated heterocycles. The zero-order valence-electron chi connectivity index (χ0n) is 14.2. The third-order valence-corrected chi connectivity index (χ3v) is 4.67. The van der Waals surface area contributed by atoms with E-state index in [1.54, 1.807) is 30.3 Å². The van der Waals surface area contributed by atoms with Gasteiger partial charge < -0.3 is 5.32 Å². The normalized spacial score (nSPS) is 11.6. The molecule has 0 aliphatic carbocycles. The van der Waals surface area contributed by atoms with Gasteiger partial charge in [-0.1, -0.05) is 48.5 Å². The van der Waals surface area contributed by atoms with Crippen LogP contribution in [-0.2, 0) is 21.2 Å². The lowest BCUT2D eigenvalue weighted by Crippen LogP contribution is -2.31. The molecule has 0 aromatic heterocycles. The van der Waals surface area contributed by atoms with Crippen LogP contribution < -0.4 is 10.0 Å². The molecule has 0 spiro atoms. The number of rotatable bonds is 9. The third kappa shape index (κ3) is 7.16. The molecule has 2 rings (SSSR count). The maximum Gasteiger partial charge on any atom is 0.233 e. The molecule has 2 aromatic rings. The van der Waals surface area contributed by atoms with Gasteiger partial charge in [0.1, 0.15) is 5.82 Å². The fourth-order valence-corrected chi connectivity index (χ4v) is 3.03.